The second-order valence-corrected chi connectivity index (χ2v) is 9.08. The van der Waals surface area contributed by atoms with Gasteiger partial charge in [-0.1, -0.05) is 95.4 Å². The van der Waals surface area contributed by atoms with Crippen LogP contribution in [0.3, 0.4) is 0 Å². The van der Waals surface area contributed by atoms with Gasteiger partial charge in [-0.3, -0.25) is 0 Å². The molecule has 0 aliphatic rings. The topological polar surface area (TPSA) is 20.2 Å². The molecular formula is C25H46ClNO. The molecular weight excluding hydrogens is 366 g/mol. The predicted octanol–water partition coefficient (Wildman–Crippen LogP) is 4.02. The molecule has 1 N–H and O–H groups in total. The fraction of sp³-hybridized carbons (Fsp3) is 0.760. The van der Waals surface area contributed by atoms with Crippen molar-refractivity contribution in [2.45, 2.75) is 104 Å². The summed E-state index contributed by atoms with van der Waals surface area (Å²) in [7, 11) is 4.63. The van der Waals surface area contributed by atoms with Gasteiger partial charge in [0.25, 0.3) is 0 Å². The Morgan fingerprint density at radius 1 is 0.786 bits per heavy atom. The first-order valence-corrected chi connectivity index (χ1v) is 11.5. The first-order valence-electron chi connectivity index (χ1n) is 11.5. The molecule has 1 aromatic rings. The lowest BCUT2D eigenvalue weighted by molar-refractivity contribution is -0.903. The Hall–Kier alpha value is -0.570. The molecule has 0 saturated heterocycles. The third-order valence-corrected chi connectivity index (χ3v) is 5.72. The average molecular weight is 412 g/mol. The van der Waals surface area contributed by atoms with Crippen molar-refractivity contribution < 1.29 is 22.0 Å². The molecule has 0 heterocycles. The average Bonchev–Trinajstić information content (AvgIpc) is 2.62. The summed E-state index contributed by atoms with van der Waals surface area (Å²) >= 11 is 0. The molecule has 28 heavy (non-hydrogen) atoms. The summed E-state index contributed by atoms with van der Waals surface area (Å²) in [5.41, 5.74) is 2.37. The number of benzene rings is 1. The molecule has 1 atom stereocenters. The highest BCUT2D eigenvalue weighted by molar-refractivity contribution is 5.28. The minimum atomic E-state index is -0.382. The number of unbranched alkanes of at least 4 members (excludes halogenated alkanes) is 11. The number of aliphatic hydroxyl groups excluding tert-OH is 1. The summed E-state index contributed by atoms with van der Waals surface area (Å²) in [6, 6.07) is 8.34. The molecule has 0 aliphatic heterocycles. The molecule has 1 rings (SSSR count). The quantitative estimate of drug-likeness (QED) is 0.321. The lowest BCUT2D eigenvalue weighted by atomic mass is 10.0. The van der Waals surface area contributed by atoms with Gasteiger partial charge in [-0.25, -0.2) is 0 Å². The second kappa shape index (κ2) is 16.3. The lowest BCUT2D eigenvalue weighted by Gasteiger charge is -2.31. The molecule has 0 spiro atoms. The van der Waals surface area contributed by atoms with Crippen LogP contribution in [0.2, 0.25) is 0 Å². The Morgan fingerprint density at radius 3 is 1.75 bits per heavy atom. The van der Waals surface area contributed by atoms with Crippen molar-refractivity contribution >= 4 is 0 Å². The number of hydrogen-bond donors (Lipinski definition) is 1. The Labute approximate surface area is 181 Å². The summed E-state index contributed by atoms with van der Waals surface area (Å²) in [5.74, 6) is 0. The number of nitrogens with zero attached hydrogens (tertiary/aromatic N) is 1. The van der Waals surface area contributed by atoms with E-state index in [0.29, 0.717) is 0 Å². The van der Waals surface area contributed by atoms with Crippen LogP contribution in [0, 0.1) is 0 Å². The number of hydrogen-bond acceptors (Lipinski definition) is 1. The maximum atomic E-state index is 9.98. The van der Waals surface area contributed by atoms with Crippen LogP contribution in [0.25, 0.3) is 0 Å². The van der Waals surface area contributed by atoms with Gasteiger partial charge in [-0.15, -0.1) is 0 Å². The lowest BCUT2D eigenvalue weighted by Crippen LogP contribution is -3.00. The number of quaternary nitrogens is 1. The van der Waals surface area contributed by atoms with Gasteiger partial charge < -0.3 is 22.0 Å². The SMILES string of the molecule is CCCCCCCCCCCCCC[N+](C)(C)Cc1ccccc1C(C)O.[Cl-]. The van der Waals surface area contributed by atoms with Crippen LogP contribution in [-0.4, -0.2) is 30.2 Å². The monoisotopic (exact) mass is 411 g/mol. The van der Waals surface area contributed by atoms with E-state index in [1.165, 1.54) is 89.2 Å². The zero-order valence-corrected chi connectivity index (χ0v) is 19.8. The first kappa shape index (κ1) is 27.4. The highest BCUT2D eigenvalue weighted by Crippen LogP contribution is 2.21. The molecule has 0 bridgehead atoms. The number of rotatable bonds is 16. The highest BCUT2D eigenvalue weighted by atomic mass is 35.5. The zero-order chi connectivity index (χ0) is 20.0. The maximum absolute atomic E-state index is 9.98. The van der Waals surface area contributed by atoms with E-state index in [1.54, 1.807) is 0 Å². The molecule has 0 aromatic heterocycles. The third-order valence-electron chi connectivity index (χ3n) is 5.72. The van der Waals surface area contributed by atoms with E-state index in [1.807, 2.05) is 13.0 Å². The fourth-order valence-electron chi connectivity index (χ4n) is 4.01. The van der Waals surface area contributed by atoms with Crippen LogP contribution >= 0.6 is 0 Å². The van der Waals surface area contributed by atoms with E-state index in [2.05, 4.69) is 39.2 Å². The summed E-state index contributed by atoms with van der Waals surface area (Å²) in [5, 5.41) is 9.98. The molecule has 3 heteroatoms. The predicted molar refractivity (Wildman–Crippen MR) is 119 cm³/mol. The zero-order valence-electron chi connectivity index (χ0n) is 19.1. The Morgan fingerprint density at radius 2 is 1.25 bits per heavy atom. The van der Waals surface area contributed by atoms with Crippen molar-refractivity contribution in [3.8, 4) is 0 Å². The first-order chi connectivity index (χ1) is 13.0. The van der Waals surface area contributed by atoms with E-state index in [4.69, 9.17) is 0 Å². The normalized spacial score (nSPS) is 12.6. The van der Waals surface area contributed by atoms with E-state index in [-0.39, 0.29) is 18.5 Å². The Bertz CT molecular complexity index is 487. The molecule has 1 aromatic carbocycles. The van der Waals surface area contributed by atoms with E-state index in [9.17, 15) is 5.11 Å². The van der Waals surface area contributed by atoms with Crippen LogP contribution in [-0.2, 0) is 6.54 Å². The standard InChI is InChI=1S/C25H46NO.ClH/c1-5-6-7-8-9-10-11-12-13-14-15-18-21-26(3,4)22-24-19-16-17-20-25(24)23(2)27;/h16-17,19-20,23,27H,5-15,18,21-22H2,1-4H3;1H/q+1;/p-1. The third kappa shape index (κ3) is 12.8. The van der Waals surface area contributed by atoms with Gasteiger partial charge in [-0.05, 0) is 25.3 Å². The van der Waals surface area contributed by atoms with Crippen LogP contribution in [0.5, 0.6) is 0 Å². The van der Waals surface area contributed by atoms with Crippen LogP contribution in [0.15, 0.2) is 24.3 Å². The van der Waals surface area contributed by atoms with Crippen molar-refractivity contribution in [2.75, 3.05) is 20.6 Å². The van der Waals surface area contributed by atoms with Gasteiger partial charge in [-0.2, -0.15) is 0 Å². The Kier molecular flexibility index (Phi) is 15.9. The molecule has 0 saturated carbocycles. The molecule has 0 radical (unpaired) electrons. The van der Waals surface area contributed by atoms with E-state index >= 15 is 0 Å². The summed E-state index contributed by atoms with van der Waals surface area (Å²) < 4.78 is 1.00. The largest absolute Gasteiger partial charge is 1.00 e. The van der Waals surface area contributed by atoms with Crippen LogP contribution < -0.4 is 12.4 Å². The van der Waals surface area contributed by atoms with Crippen LogP contribution in [0.4, 0.5) is 0 Å². The van der Waals surface area contributed by atoms with Crippen LogP contribution in [0.1, 0.15) is 108 Å². The van der Waals surface area contributed by atoms with Crippen molar-refractivity contribution in [2.24, 2.45) is 0 Å². The highest BCUT2D eigenvalue weighted by Gasteiger charge is 2.18. The summed E-state index contributed by atoms with van der Waals surface area (Å²) in [6.45, 7) is 6.36. The molecule has 0 amide bonds. The van der Waals surface area contributed by atoms with Crippen molar-refractivity contribution in [1.82, 2.24) is 0 Å². The van der Waals surface area contributed by atoms with Gasteiger partial charge >= 0.3 is 0 Å². The molecule has 1 unspecified atom stereocenters. The van der Waals surface area contributed by atoms with Crippen molar-refractivity contribution in [3.05, 3.63) is 35.4 Å². The smallest absolute Gasteiger partial charge is 0.104 e. The van der Waals surface area contributed by atoms with Gasteiger partial charge in [0.05, 0.1) is 26.7 Å². The van der Waals surface area contributed by atoms with Crippen molar-refractivity contribution in [1.29, 1.82) is 0 Å². The number of halogens is 1. The van der Waals surface area contributed by atoms with Gasteiger partial charge in [0.1, 0.15) is 6.54 Å². The number of aliphatic hydroxyl groups is 1. The maximum Gasteiger partial charge on any atom is 0.104 e. The van der Waals surface area contributed by atoms with Crippen molar-refractivity contribution in [3.63, 3.8) is 0 Å². The Balaban J connectivity index is 0.00000729. The molecule has 164 valence electrons. The minimum Gasteiger partial charge on any atom is -1.00 e. The molecule has 0 fully saturated rings. The van der Waals surface area contributed by atoms with Gasteiger partial charge in [0.2, 0.25) is 0 Å². The molecule has 0 aliphatic carbocycles. The van der Waals surface area contributed by atoms with Gasteiger partial charge in [0.15, 0.2) is 0 Å². The van der Waals surface area contributed by atoms with E-state index < -0.39 is 0 Å². The van der Waals surface area contributed by atoms with E-state index in [0.717, 1.165) is 16.6 Å². The second-order valence-electron chi connectivity index (χ2n) is 9.08. The van der Waals surface area contributed by atoms with Gasteiger partial charge in [0, 0.05) is 5.56 Å². The summed E-state index contributed by atoms with van der Waals surface area (Å²) in [4.78, 5) is 0. The summed E-state index contributed by atoms with van der Waals surface area (Å²) in [6.07, 6.45) is 16.5. The fourth-order valence-corrected chi connectivity index (χ4v) is 4.01. The minimum absolute atomic E-state index is 0. The molecule has 2 nitrogen and oxygen atoms in total.